The van der Waals surface area contributed by atoms with E-state index in [2.05, 4.69) is 70.9 Å². The van der Waals surface area contributed by atoms with Gasteiger partial charge in [0.1, 0.15) is 11.6 Å². The number of benzene rings is 1. The Bertz CT molecular complexity index is 1920. The normalized spacial score (nSPS) is 23.6. The van der Waals surface area contributed by atoms with E-state index in [0.717, 1.165) is 66.5 Å². The third-order valence-electron chi connectivity index (χ3n) is 10.5. The van der Waals surface area contributed by atoms with Crippen molar-refractivity contribution in [3.8, 4) is 11.3 Å². The van der Waals surface area contributed by atoms with E-state index >= 15 is 0 Å². The molecule has 5 heterocycles. The minimum atomic E-state index is -0.998. The first kappa shape index (κ1) is 36.8. The number of fused-ring (bicyclic) bond motifs is 5. The summed E-state index contributed by atoms with van der Waals surface area (Å²) in [5.74, 6) is 2.76. The van der Waals surface area contributed by atoms with E-state index < -0.39 is 24.0 Å². The average Bonchev–Trinajstić information content (AvgIpc) is 3.89. The van der Waals surface area contributed by atoms with Crippen molar-refractivity contribution in [1.82, 2.24) is 34.3 Å². The van der Waals surface area contributed by atoms with Crippen molar-refractivity contribution >= 4 is 16.5 Å². The third-order valence-corrected chi connectivity index (χ3v) is 10.5. The second-order valence-corrected chi connectivity index (χ2v) is 16.9. The third kappa shape index (κ3) is 7.71. The fourth-order valence-electron chi connectivity index (χ4n) is 8.16. The number of allylic oxidation sites excluding steroid dienone is 4. The number of nitrogens with one attached hydrogen (secondary N) is 2. The molecule has 0 radical (unpaired) electrons. The van der Waals surface area contributed by atoms with Gasteiger partial charge in [0.15, 0.2) is 0 Å². The van der Waals surface area contributed by atoms with Gasteiger partial charge in [0.25, 0.3) is 0 Å². The van der Waals surface area contributed by atoms with Gasteiger partial charge in [0, 0.05) is 47.7 Å². The van der Waals surface area contributed by atoms with Crippen LogP contribution in [0.15, 0.2) is 54.9 Å². The lowest BCUT2D eigenvalue weighted by atomic mass is 9.74. The van der Waals surface area contributed by atoms with Crippen LogP contribution in [0.25, 0.3) is 27.7 Å². The molecule has 11 heteroatoms. The van der Waals surface area contributed by atoms with Crippen LogP contribution < -0.4 is 0 Å². The molecule has 2 aliphatic heterocycles. The molecule has 1 saturated heterocycles. The maximum Gasteiger partial charge on any atom is 0.217 e. The van der Waals surface area contributed by atoms with Gasteiger partial charge in [-0.25, -0.2) is 19.8 Å². The number of imidazole rings is 2. The Morgan fingerprint density at radius 2 is 1.77 bits per heavy atom. The Labute approximate surface area is 307 Å². The number of aliphatic hydroxyl groups is 2. The van der Waals surface area contributed by atoms with Crippen LogP contribution in [-0.4, -0.2) is 81.6 Å². The summed E-state index contributed by atoms with van der Waals surface area (Å²) in [6.07, 6.45) is 11.7. The number of rotatable bonds is 11. The van der Waals surface area contributed by atoms with Crippen LogP contribution in [0.1, 0.15) is 110 Å². The predicted octanol–water partition coefficient (Wildman–Crippen LogP) is 7.29. The quantitative estimate of drug-likeness (QED) is 0.120. The van der Waals surface area contributed by atoms with Crippen LogP contribution in [0.2, 0.25) is 0 Å². The van der Waals surface area contributed by atoms with Gasteiger partial charge in [-0.15, -0.1) is 0 Å². The zero-order chi connectivity index (χ0) is 36.9. The molecule has 1 aliphatic carbocycles. The SMILES string of the molecule is CCCN(Cc1ncc(C2=CC3C(C)Cn4c(cc5cc(-c6cnc(C7CCCN7C(O)OC(C)(C)C)[nH]6)ccc54)C3C=C2)[nH]1)C(O)OC(C)(C)C. The highest BCUT2D eigenvalue weighted by atomic mass is 16.6. The Balaban J connectivity index is 1.07. The van der Waals surface area contributed by atoms with Gasteiger partial charge in [-0.05, 0) is 96.4 Å². The maximum atomic E-state index is 10.8. The lowest BCUT2D eigenvalue weighted by Gasteiger charge is -2.37. The number of likely N-dealkylation sites (tertiary alicyclic amines) is 1. The lowest BCUT2D eigenvalue weighted by Crippen LogP contribution is -2.42. The van der Waals surface area contributed by atoms with E-state index in [0.29, 0.717) is 24.9 Å². The smallest absolute Gasteiger partial charge is 0.217 e. The zero-order valence-electron chi connectivity index (χ0n) is 32.1. The molecule has 1 fully saturated rings. The molecule has 4 aromatic rings. The molecule has 4 N–H and O–H groups in total. The molecule has 11 nitrogen and oxygen atoms in total. The first-order valence-electron chi connectivity index (χ1n) is 19.0. The van der Waals surface area contributed by atoms with E-state index in [9.17, 15) is 10.2 Å². The summed E-state index contributed by atoms with van der Waals surface area (Å²) < 4.78 is 14.2. The van der Waals surface area contributed by atoms with E-state index in [1.807, 2.05) is 63.7 Å². The zero-order valence-corrected chi connectivity index (χ0v) is 32.1. The molecular weight excluding hydrogens is 654 g/mol. The van der Waals surface area contributed by atoms with Crippen LogP contribution in [0.4, 0.5) is 0 Å². The number of aliphatic hydroxyl groups excluding tert-OH is 2. The first-order chi connectivity index (χ1) is 24.7. The molecule has 6 unspecified atom stereocenters. The number of hydrogen-bond donors (Lipinski definition) is 4. The molecule has 280 valence electrons. The van der Waals surface area contributed by atoms with Crippen molar-refractivity contribution in [2.24, 2.45) is 11.8 Å². The number of ether oxygens (including phenoxy) is 2. The number of hydrogen-bond acceptors (Lipinski definition) is 8. The highest BCUT2D eigenvalue weighted by Gasteiger charge is 2.37. The number of nitrogens with zero attached hydrogens (tertiary/aromatic N) is 5. The summed E-state index contributed by atoms with van der Waals surface area (Å²) >= 11 is 0. The topological polar surface area (TPSA) is 128 Å². The molecule has 6 atom stereocenters. The second kappa shape index (κ2) is 14.3. The molecule has 7 rings (SSSR count). The van der Waals surface area contributed by atoms with E-state index in [-0.39, 0.29) is 12.0 Å². The van der Waals surface area contributed by atoms with Crippen LogP contribution in [0.3, 0.4) is 0 Å². The molecule has 0 spiro atoms. The van der Waals surface area contributed by atoms with Gasteiger partial charge >= 0.3 is 0 Å². The molecule has 0 amide bonds. The molecule has 1 aromatic carbocycles. The highest BCUT2D eigenvalue weighted by Crippen LogP contribution is 2.45. The molecular formula is C41H57N7O4. The minimum absolute atomic E-state index is 0.0175. The van der Waals surface area contributed by atoms with Crippen molar-refractivity contribution in [1.29, 1.82) is 0 Å². The van der Waals surface area contributed by atoms with Crippen molar-refractivity contribution in [3.63, 3.8) is 0 Å². The van der Waals surface area contributed by atoms with Crippen molar-refractivity contribution in [2.45, 2.75) is 124 Å². The van der Waals surface area contributed by atoms with Crippen LogP contribution in [0.5, 0.6) is 0 Å². The van der Waals surface area contributed by atoms with Gasteiger partial charge in [-0.2, -0.15) is 0 Å². The summed E-state index contributed by atoms with van der Waals surface area (Å²) in [6, 6.07) is 9.05. The first-order valence-corrected chi connectivity index (χ1v) is 19.0. The summed E-state index contributed by atoms with van der Waals surface area (Å²) in [7, 11) is 0. The molecule has 3 aromatic heterocycles. The predicted molar refractivity (Wildman–Crippen MR) is 204 cm³/mol. The van der Waals surface area contributed by atoms with Crippen molar-refractivity contribution < 1.29 is 19.7 Å². The van der Waals surface area contributed by atoms with Crippen LogP contribution in [-0.2, 0) is 22.6 Å². The number of H-pyrrole nitrogens is 2. The minimum Gasteiger partial charge on any atom is -0.356 e. The fourth-order valence-corrected chi connectivity index (χ4v) is 8.16. The molecule has 0 saturated carbocycles. The van der Waals surface area contributed by atoms with Gasteiger partial charge in [0.05, 0.1) is 47.6 Å². The van der Waals surface area contributed by atoms with Crippen LogP contribution in [0, 0.1) is 11.8 Å². The van der Waals surface area contributed by atoms with Gasteiger partial charge in [-0.3, -0.25) is 0 Å². The Morgan fingerprint density at radius 1 is 1.00 bits per heavy atom. The molecule has 0 bridgehead atoms. The maximum absolute atomic E-state index is 10.8. The van der Waals surface area contributed by atoms with Gasteiger partial charge in [-0.1, -0.05) is 38.1 Å². The second-order valence-electron chi connectivity index (χ2n) is 16.9. The van der Waals surface area contributed by atoms with Crippen LogP contribution >= 0.6 is 0 Å². The van der Waals surface area contributed by atoms with Gasteiger partial charge < -0.3 is 34.2 Å². The number of aromatic nitrogens is 5. The van der Waals surface area contributed by atoms with E-state index in [4.69, 9.17) is 19.4 Å². The summed E-state index contributed by atoms with van der Waals surface area (Å²) in [4.78, 5) is 20.5. The van der Waals surface area contributed by atoms with E-state index in [1.54, 1.807) is 0 Å². The Kier molecular flexibility index (Phi) is 10.1. The monoisotopic (exact) mass is 711 g/mol. The van der Waals surface area contributed by atoms with E-state index in [1.165, 1.54) is 16.6 Å². The fraction of sp³-hybridized carbons (Fsp3) is 0.561. The molecule has 3 aliphatic rings. The standard InChI is InChI=1S/C41H57N7O4/c1-9-16-46(38(49)51-40(3,4)5)24-36-42-21-31(44-36)27-12-14-29-30(19-27)25(2)23-48-33-15-13-26(18-28(33)20-35(29)48)32-22-43-37(45-32)34-11-10-17-47(34)39(50)52-41(6,7)8/h12-15,18-22,25,29-30,34,38-39,49-50H,9-11,16-17,23-24H2,1-8H3,(H,42,44)(H,43,45). The molecule has 52 heavy (non-hydrogen) atoms. The summed E-state index contributed by atoms with van der Waals surface area (Å²) in [5, 5.41) is 22.8. The van der Waals surface area contributed by atoms with Crippen molar-refractivity contribution in [3.05, 3.63) is 77.9 Å². The highest BCUT2D eigenvalue weighted by molar-refractivity contribution is 5.87. The largest absolute Gasteiger partial charge is 0.356 e. The Morgan fingerprint density at radius 3 is 2.52 bits per heavy atom. The Hall–Kier alpha value is -3.58. The van der Waals surface area contributed by atoms with Crippen molar-refractivity contribution in [2.75, 3.05) is 13.1 Å². The summed E-state index contributed by atoms with van der Waals surface area (Å²) in [6.45, 7) is 19.1. The van der Waals surface area contributed by atoms with Gasteiger partial charge in [0.2, 0.25) is 12.8 Å². The number of aromatic amines is 2. The lowest BCUT2D eigenvalue weighted by molar-refractivity contribution is -0.243. The average molecular weight is 712 g/mol. The summed E-state index contributed by atoms with van der Waals surface area (Å²) in [5.41, 5.74) is 5.93.